The van der Waals surface area contributed by atoms with Gasteiger partial charge in [-0.2, -0.15) is 0 Å². The topological polar surface area (TPSA) is 84.7 Å². The van der Waals surface area contributed by atoms with Gasteiger partial charge in [0.15, 0.2) is 5.75 Å². The zero-order valence-electron chi connectivity index (χ0n) is 15.4. The van der Waals surface area contributed by atoms with Crippen molar-refractivity contribution in [3.63, 3.8) is 0 Å². The van der Waals surface area contributed by atoms with Crippen LogP contribution in [0.25, 0.3) is 0 Å². The van der Waals surface area contributed by atoms with Crippen molar-refractivity contribution in [2.45, 2.75) is 26.8 Å². The molecule has 0 fully saturated rings. The van der Waals surface area contributed by atoms with Crippen LogP contribution in [0.4, 0.5) is 17.1 Å². The number of carbonyl (C=O) groups excluding carboxylic acids is 1. The monoisotopic (exact) mass is 357 g/mol. The number of anilines is 2. The first-order valence-corrected chi connectivity index (χ1v) is 8.37. The summed E-state index contributed by atoms with van der Waals surface area (Å²) in [5.41, 5.74) is 1.64. The molecule has 26 heavy (non-hydrogen) atoms. The summed E-state index contributed by atoms with van der Waals surface area (Å²) in [6.07, 6.45) is 0. The van der Waals surface area contributed by atoms with E-state index in [-0.39, 0.29) is 17.0 Å². The molecule has 2 rings (SSSR count). The Morgan fingerprint density at radius 1 is 1.23 bits per heavy atom. The first-order valence-electron chi connectivity index (χ1n) is 8.37. The lowest BCUT2D eigenvalue weighted by molar-refractivity contribution is -0.385. The third-order valence-electron chi connectivity index (χ3n) is 4.06. The Morgan fingerprint density at radius 3 is 2.38 bits per heavy atom. The molecule has 0 aromatic heterocycles. The maximum Gasteiger partial charge on any atom is 0.311 e. The van der Waals surface area contributed by atoms with Gasteiger partial charge in [-0.25, -0.2) is 0 Å². The van der Waals surface area contributed by atoms with E-state index >= 15 is 0 Å². The van der Waals surface area contributed by atoms with Crippen LogP contribution in [0.5, 0.6) is 5.75 Å². The number of amides is 1. The van der Waals surface area contributed by atoms with Gasteiger partial charge in [-0.3, -0.25) is 14.9 Å². The fourth-order valence-corrected chi connectivity index (χ4v) is 2.76. The largest absolute Gasteiger partial charge is 0.490 e. The van der Waals surface area contributed by atoms with E-state index in [1.165, 1.54) is 25.3 Å². The Morgan fingerprint density at radius 2 is 1.88 bits per heavy atom. The zero-order valence-corrected chi connectivity index (χ0v) is 15.4. The fraction of sp³-hybridized carbons (Fsp3) is 0.316. The van der Waals surface area contributed by atoms with Crippen molar-refractivity contribution < 1.29 is 14.5 Å². The minimum Gasteiger partial charge on any atom is -0.490 e. The van der Waals surface area contributed by atoms with E-state index in [9.17, 15) is 14.9 Å². The summed E-state index contributed by atoms with van der Waals surface area (Å²) in [6.45, 7) is 7.22. The second-order valence-electron chi connectivity index (χ2n) is 6.02. The smallest absolute Gasteiger partial charge is 0.311 e. The molecule has 0 aliphatic carbocycles. The predicted molar refractivity (Wildman–Crippen MR) is 102 cm³/mol. The molecule has 0 aliphatic heterocycles. The van der Waals surface area contributed by atoms with E-state index < -0.39 is 10.8 Å². The highest BCUT2D eigenvalue weighted by Crippen LogP contribution is 2.28. The normalized spacial score (nSPS) is 10.5. The quantitative estimate of drug-likeness (QED) is 0.596. The molecule has 0 radical (unpaired) electrons. The zero-order chi connectivity index (χ0) is 19.3. The molecule has 1 amide bonds. The van der Waals surface area contributed by atoms with Gasteiger partial charge < -0.3 is 15.0 Å². The average molecular weight is 357 g/mol. The number of hydrogen-bond acceptors (Lipinski definition) is 5. The van der Waals surface area contributed by atoms with Gasteiger partial charge in [0.1, 0.15) is 0 Å². The minimum atomic E-state index is -0.574. The Kier molecular flexibility index (Phi) is 6.16. The van der Waals surface area contributed by atoms with Crippen molar-refractivity contribution in [3.05, 3.63) is 58.1 Å². The molecule has 2 aromatic rings. The van der Waals surface area contributed by atoms with E-state index in [0.717, 1.165) is 12.2 Å². The van der Waals surface area contributed by atoms with Crippen molar-refractivity contribution in [2.24, 2.45) is 0 Å². The predicted octanol–water partition coefficient (Wildman–Crippen LogP) is 4.09. The summed E-state index contributed by atoms with van der Waals surface area (Å²) in [5, 5.41) is 13.8. The van der Waals surface area contributed by atoms with E-state index in [1.807, 2.05) is 24.3 Å². The summed E-state index contributed by atoms with van der Waals surface area (Å²) in [7, 11) is 1.35. The number of hydrogen-bond donors (Lipinski definition) is 1. The first-order chi connectivity index (χ1) is 12.4. The molecule has 0 saturated carbocycles. The number of nitro benzene ring substituents is 1. The van der Waals surface area contributed by atoms with Crippen LogP contribution in [-0.2, 0) is 0 Å². The van der Waals surface area contributed by atoms with E-state index in [1.54, 1.807) is 0 Å². The summed E-state index contributed by atoms with van der Waals surface area (Å²) in [4.78, 5) is 25.1. The van der Waals surface area contributed by atoms with Gasteiger partial charge in [-0.15, -0.1) is 0 Å². The lowest BCUT2D eigenvalue weighted by Gasteiger charge is -2.27. The molecule has 0 aliphatic rings. The van der Waals surface area contributed by atoms with Crippen LogP contribution in [0, 0.1) is 10.1 Å². The van der Waals surface area contributed by atoms with Gasteiger partial charge in [0.2, 0.25) is 0 Å². The second-order valence-corrected chi connectivity index (χ2v) is 6.02. The molecular formula is C19H23N3O4. The van der Waals surface area contributed by atoms with Crippen LogP contribution in [0.1, 0.15) is 31.1 Å². The first kappa shape index (κ1) is 19.2. The molecule has 1 N–H and O–H groups in total. The highest BCUT2D eigenvalue weighted by molar-refractivity contribution is 6.04. The second kappa shape index (κ2) is 8.33. The SMILES string of the molecule is CCN(c1ccc(NC(=O)c2ccc(OC)c([N+](=O)[O-])c2)cc1)C(C)C. The van der Waals surface area contributed by atoms with Gasteiger partial charge in [0.05, 0.1) is 12.0 Å². The molecule has 7 heteroatoms. The summed E-state index contributed by atoms with van der Waals surface area (Å²) >= 11 is 0. The minimum absolute atomic E-state index is 0.115. The number of rotatable bonds is 7. The van der Waals surface area contributed by atoms with E-state index in [4.69, 9.17) is 4.74 Å². The van der Waals surface area contributed by atoms with Gasteiger partial charge >= 0.3 is 5.69 Å². The molecule has 0 unspecified atom stereocenters. The number of nitrogens with zero attached hydrogens (tertiary/aromatic N) is 2. The maximum atomic E-state index is 12.4. The van der Waals surface area contributed by atoms with Crippen molar-refractivity contribution in [2.75, 3.05) is 23.9 Å². The maximum absolute atomic E-state index is 12.4. The van der Waals surface area contributed by atoms with Crippen molar-refractivity contribution in [1.82, 2.24) is 0 Å². The highest BCUT2D eigenvalue weighted by atomic mass is 16.6. The molecule has 0 saturated heterocycles. The number of nitrogens with one attached hydrogen (secondary N) is 1. The van der Waals surface area contributed by atoms with Crippen LogP contribution in [0.15, 0.2) is 42.5 Å². The van der Waals surface area contributed by atoms with Crippen LogP contribution in [0.2, 0.25) is 0 Å². The summed E-state index contributed by atoms with van der Waals surface area (Å²) < 4.78 is 4.95. The Bertz CT molecular complexity index is 788. The summed E-state index contributed by atoms with van der Waals surface area (Å²) in [5.74, 6) is -0.302. The third kappa shape index (κ3) is 4.30. The molecule has 2 aromatic carbocycles. The van der Waals surface area contributed by atoms with Gasteiger partial charge in [0, 0.05) is 35.6 Å². The highest BCUT2D eigenvalue weighted by Gasteiger charge is 2.18. The number of carbonyl (C=O) groups is 1. The van der Waals surface area contributed by atoms with Crippen LogP contribution >= 0.6 is 0 Å². The van der Waals surface area contributed by atoms with E-state index in [2.05, 4.69) is 31.0 Å². The lowest BCUT2D eigenvalue weighted by Crippen LogP contribution is -2.30. The van der Waals surface area contributed by atoms with Crippen LogP contribution in [0.3, 0.4) is 0 Å². The fourth-order valence-electron chi connectivity index (χ4n) is 2.76. The number of benzene rings is 2. The molecular weight excluding hydrogens is 334 g/mol. The van der Waals surface area contributed by atoms with Gasteiger partial charge in [0.25, 0.3) is 5.91 Å². The third-order valence-corrected chi connectivity index (χ3v) is 4.06. The van der Waals surface area contributed by atoms with Crippen molar-refractivity contribution in [3.8, 4) is 5.75 Å². The lowest BCUT2D eigenvalue weighted by atomic mass is 10.1. The van der Waals surface area contributed by atoms with E-state index in [0.29, 0.717) is 11.7 Å². The number of nitro groups is 1. The van der Waals surface area contributed by atoms with Crippen LogP contribution in [-0.4, -0.2) is 30.5 Å². The number of methoxy groups -OCH3 is 1. The summed E-state index contributed by atoms with van der Waals surface area (Å²) in [6, 6.07) is 12.0. The Hall–Kier alpha value is -3.09. The van der Waals surface area contributed by atoms with Gasteiger partial charge in [-0.1, -0.05) is 0 Å². The molecule has 0 heterocycles. The van der Waals surface area contributed by atoms with Gasteiger partial charge in [-0.05, 0) is 57.2 Å². The van der Waals surface area contributed by atoms with Crippen LogP contribution < -0.4 is 15.0 Å². The Balaban J connectivity index is 2.17. The average Bonchev–Trinajstić information content (AvgIpc) is 2.62. The molecule has 0 spiro atoms. The molecule has 0 atom stereocenters. The molecule has 7 nitrogen and oxygen atoms in total. The molecule has 138 valence electrons. The van der Waals surface area contributed by atoms with Crippen molar-refractivity contribution >= 4 is 23.0 Å². The number of ether oxygens (including phenoxy) is 1. The van der Waals surface area contributed by atoms with Crippen molar-refractivity contribution in [1.29, 1.82) is 0 Å². The Labute approximate surface area is 152 Å². The molecule has 0 bridgehead atoms. The standard InChI is InChI=1S/C19H23N3O4/c1-5-21(13(2)3)16-9-7-15(8-10-16)20-19(23)14-6-11-18(26-4)17(12-14)22(24)25/h6-13H,5H2,1-4H3,(H,20,23).